The van der Waals surface area contributed by atoms with Gasteiger partial charge in [0.25, 0.3) is 0 Å². The fourth-order valence-corrected chi connectivity index (χ4v) is 6.56. The number of hydrogen-bond donors (Lipinski definition) is 1. The normalized spacial score (nSPS) is 12.4. The minimum atomic E-state index is 0.892. The number of aromatic amines is 1. The highest BCUT2D eigenvalue weighted by Crippen LogP contribution is 2.36. The number of imidazole rings is 1. The molecule has 0 fully saturated rings. The van der Waals surface area contributed by atoms with E-state index in [0.29, 0.717) is 0 Å². The van der Waals surface area contributed by atoms with E-state index in [2.05, 4.69) is 88.4 Å². The summed E-state index contributed by atoms with van der Waals surface area (Å²) in [5.74, 6) is 0.976. The Morgan fingerprint density at radius 2 is 1.23 bits per heavy atom. The molecule has 4 nitrogen and oxygen atoms in total. The zero-order valence-electron chi connectivity index (χ0n) is 21.0. The number of rotatable bonds is 3. The van der Waals surface area contributed by atoms with Crippen molar-refractivity contribution < 1.29 is 4.57 Å². The van der Waals surface area contributed by atoms with Gasteiger partial charge in [-0.25, -0.2) is 15.0 Å². The van der Waals surface area contributed by atoms with E-state index in [1.165, 1.54) is 33.1 Å². The maximum Gasteiger partial charge on any atom is 0.322 e. The molecule has 1 N–H and O–H groups in total. The lowest BCUT2D eigenvalue weighted by Crippen LogP contribution is -2.35. The van der Waals surface area contributed by atoms with Crippen LogP contribution in [0.15, 0.2) is 126 Å². The van der Waals surface area contributed by atoms with Crippen molar-refractivity contribution in [2.24, 2.45) is 0 Å². The molecular formula is C34H23N4S+. The van der Waals surface area contributed by atoms with Gasteiger partial charge >= 0.3 is 5.16 Å². The summed E-state index contributed by atoms with van der Waals surface area (Å²) in [6.07, 6.45) is 0. The molecule has 39 heavy (non-hydrogen) atoms. The van der Waals surface area contributed by atoms with Crippen LogP contribution in [0.4, 0.5) is 0 Å². The van der Waals surface area contributed by atoms with Gasteiger partial charge in [0.2, 0.25) is 0 Å². The summed E-state index contributed by atoms with van der Waals surface area (Å²) >= 11 is 1.85. The fraction of sp³-hybridized carbons (Fsp3) is 0.0294. The molecule has 5 heteroatoms. The summed E-state index contributed by atoms with van der Waals surface area (Å²) in [6, 6.07) is 42.3. The molecule has 0 atom stereocenters. The van der Waals surface area contributed by atoms with Gasteiger partial charge in [-0.1, -0.05) is 91.0 Å². The Balaban J connectivity index is 1.28. The minimum absolute atomic E-state index is 0.892. The molecule has 0 bridgehead atoms. The zero-order chi connectivity index (χ0) is 25.8. The maximum atomic E-state index is 5.07. The Bertz CT molecular complexity index is 2010. The Morgan fingerprint density at radius 3 is 2.00 bits per heavy atom. The number of nitrogens with one attached hydrogen (secondary N) is 1. The molecule has 0 amide bonds. The van der Waals surface area contributed by atoms with Gasteiger partial charge in [-0.3, -0.25) is 0 Å². The van der Waals surface area contributed by atoms with Crippen LogP contribution < -0.4 is 4.57 Å². The van der Waals surface area contributed by atoms with Crippen LogP contribution in [0.3, 0.4) is 0 Å². The van der Waals surface area contributed by atoms with Crippen LogP contribution in [0.1, 0.15) is 5.56 Å². The van der Waals surface area contributed by atoms with Gasteiger partial charge in [0.05, 0.1) is 22.4 Å². The largest absolute Gasteiger partial charge is 0.322 e. The van der Waals surface area contributed by atoms with E-state index in [9.17, 15) is 0 Å². The molecule has 0 saturated heterocycles. The molecule has 0 radical (unpaired) electrons. The van der Waals surface area contributed by atoms with Gasteiger partial charge in [-0.05, 0) is 47.7 Å². The molecule has 5 aromatic carbocycles. The first kappa shape index (κ1) is 22.3. The third kappa shape index (κ3) is 3.66. The van der Waals surface area contributed by atoms with Crippen LogP contribution >= 0.6 is 11.8 Å². The highest BCUT2D eigenvalue weighted by molar-refractivity contribution is 7.98. The third-order valence-electron chi connectivity index (χ3n) is 7.39. The fourth-order valence-electron chi connectivity index (χ4n) is 5.52. The molecule has 1 aliphatic heterocycles. The van der Waals surface area contributed by atoms with Crippen molar-refractivity contribution in [3.63, 3.8) is 0 Å². The standard InChI is InChI=1S/C34H22N4S/c1-2-9-23(10-3-1)31-32(36-28-14-6-5-13-27(28)35-31)24-19-17-22(18-20-24)26-12-8-15-29-33(26)38-30-16-7-4-11-25(30)21-39-34(38)37-29/h1-20H,21H2/p+1. The molecule has 0 unspecified atom stereocenters. The van der Waals surface area contributed by atoms with Crippen molar-refractivity contribution in [3.05, 3.63) is 127 Å². The first-order valence-corrected chi connectivity index (χ1v) is 14.0. The lowest BCUT2D eigenvalue weighted by molar-refractivity contribution is -0.610. The van der Waals surface area contributed by atoms with Crippen LogP contribution in [0.25, 0.3) is 61.4 Å². The van der Waals surface area contributed by atoms with Gasteiger partial charge in [0.15, 0.2) is 11.0 Å². The number of para-hydroxylation sites is 4. The summed E-state index contributed by atoms with van der Waals surface area (Å²) in [5.41, 5.74) is 13.0. The van der Waals surface area contributed by atoms with E-state index in [-0.39, 0.29) is 0 Å². The smallest absolute Gasteiger partial charge is 0.244 e. The van der Waals surface area contributed by atoms with Crippen molar-refractivity contribution in [2.75, 3.05) is 0 Å². The predicted molar refractivity (Wildman–Crippen MR) is 159 cm³/mol. The highest BCUT2D eigenvalue weighted by Gasteiger charge is 2.29. The number of H-pyrrole nitrogens is 1. The van der Waals surface area contributed by atoms with Gasteiger partial charge in [-0.15, -0.1) is 0 Å². The first-order valence-electron chi connectivity index (χ1n) is 13.0. The second kappa shape index (κ2) is 8.93. The maximum absolute atomic E-state index is 5.07. The van der Waals surface area contributed by atoms with Crippen LogP contribution in [0.5, 0.6) is 0 Å². The topological polar surface area (TPSA) is 45.5 Å². The average molecular weight is 520 g/mol. The number of thioether (sulfide) groups is 1. The van der Waals surface area contributed by atoms with E-state index in [1.807, 2.05) is 54.2 Å². The first-order chi connectivity index (χ1) is 19.3. The number of aromatic nitrogens is 4. The summed E-state index contributed by atoms with van der Waals surface area (Å²) < 4.78 is 2.38. The van der Waals surface area contributed by atoms with Crippen molar-refractivity contribution >= 4 is 33.8 Å². The predicted octanol–water partition coefficient (Wildman–Crippen LogP) is 7.99. The Kier molecular flexibility index (Phi) is 5.10. The average Bonchev–Trinajstić information content (AvgIpc) is 3.40. The Labute approximate surface area is 230 Å². The quantitative estimate of drug-likeness (QED) is 0.241. The highest BCUT2D eigenvalue weighted by atomic mass is 32.2. The summed E-state index contributed by atoms with van der Waals surface area (Å²) in [5, 5.41) is 1.17. The van der Waals surface area contributed by atoms with Gasteiger partial charge in [0.1, 0.15) is 5.69 Å². The van der Waals surface area contributed by atoms with Crippen molar-refractivity contribution in [3.8, 4) is 39.3 Å². The van der Waals surface area contributed by atoms with Crippen molar-refractivity contribution in [1.29, 1.82) is 0 Å². The van der Waals surface area contributed by atoms with Crippen molar-refractivity contribution in [1.82, 2.24) is 15.0 Å². The number of fused-ring (bicyclic) bond motifs is 6. The number of hydrogen-bond acceptors (Lipinski definition) is 3. The molecule has 184 valence electrons. The molecule has 0 aliphatic carbocycles. The van der Waals surface area contributed by atoms with Gasteiger partial charge in [-0.2, -0.15) is 4.57 Å². The number of benzene rings is 5. The molecule has 8 rings (SSSR count). The van der Waals surface area contributed by atoms with Crippen LogP contribution in [-0.2, 0) is 5.75 Å². The van der Waals surface area contributed by atoms with Crippen molar-refractivity contribution in [2.45, 2.75) is 10.9 Å². The molecule has 2 aromatic heterocycles. The Hall–Kier alpha value is -4.74. The monoisotopic (exact) mass is 519 g/mol. The molecule has 7 aromatic rings. The van der Waals surface area contributed by atoms with E-state index in [0.717, 1.165) is 44.8 Å². The summed E-state index contributed by atoms with van der Waals surface area (Å²) in [6.45, 7) is 0. The summed E-state index contributed by atoms with van der Waals surface area (Å²) in [4.78, 5) is 13.8. The second-order valence-corrected chi connectivity index (χ2v) is 10.7. The van der Waals surface area contributed by atoms with Crippen LogP contribution in [-0.4, -0.2) is 15.0 Å². The lowest BCUT2D eigenvalue weighted by atomic mass is 9.99. The van der Waals surface area contributed by atoms with E-state index >= 15 is 0 Å². The van der Waals surface area contributed by atoms with E-state index < -0.39 is 0 Å². The van der Waals surface area contributed by atoms with Crippen LogP contribution in [0.2, 0.25) is 0 Å². The van der Waals surface area contributed by atoms with Crippen LogP contribution in [0, 0.1) is 0 Å². The van der Waals surface area contributed by atoms with E-state index in [1.54, 1.807) is 0 Å². The Morgan fingerprint density at radius 1 is 0.590 bits per heavy atom. The molecule has 1 aliphatic rings. The number of nitrogens with zero attached hydrogens (tertiary/aromatic N) is 3. The third-order valence-corrected chi connectivity index (χ3v) is 8.40. The van der Waals surface area contributed by atoms with E-state index in [4.69, 9.17) is 9.97 Å². The van der Waals surface area contributed by atoms with Gasteiger partial charge in [0, 0.05) is 28.0 Å². The SMILES string of the molecule is c1ccc(-c2nc3ccccc3nc2-c2ccc(-c3cccc4[nH]c5[n+](c34)-c3ccccc3CS5)cc2)cc1. The molecule has 3 heterocycles. The molecule has 0 spiro atoms. The summed E-state index contributed by atoms with van der Waals surface area (Å²) in [7, 11) is 0. The minimum Gasteiger partial charge on any atom is -0.244 e. The molecule has 0 saturated carbocycles. The van der Waals surface area contributed by atoms with Gasteiger partial charge < -0.3 is 0 Å². The lowest BCUT2D eigenvalue weighted by Gasteiger charge is -2.13. The second-order valence-electron chi connectivity index (χ2n) is 9.74. The molecular weight excluding hydrogens is 496 g/mol. The zero-order valence-corrected chi connectivity index (χ0v) is 21.8.